The van der Waals surface area contributed by atoms with Gasteiger partial charge in [-0.25, -0.2) is 0 Å². The van der Waals surface area contributed by atoms with Crippen molar-refractivity contribution in [2.45, 2.75) is 26.3 Å². The Kier molecular flexibility index (Phi) is 5.43. The van der Waals surface area contributed by atoms with E-state index in [4.69, 9.17) is 4.74 Å². The summed E-state index contributed by atoms with van der Waals surface area (Å²) in [5.41, 5.74) is 2.71. The third-order valence-corrected chi connectivity index (χ3v) is 3.49. The van der Waals surface area contributed by atoms with Crippen molar-refractivity contribution in [2.75, 3.05) is 26.8 Å². The molecule has 1 heterocycles. The van der Waals surface area contributed by atoms with Crippen molar-refractivity contribution in [1.82, 2.24) is 9.88 Å². The van der Waals surface area contributed by atoms with Crippen LogP contribution in [0.5, 0.6) is 0 Å². The number of benzene rings is 1. The molecule has 0 fully saturated rings. The smallest absolute Gasteiger partial charge is 0.0587 e. The Hall–Kier alpha value is -1.32. The summed E-state index contributed by atoms with van der Waals surface area (Å²) < 4.78 is 7.43. The molecule has 0 saturated carbocycles. The van der Waals surface area contributed by atoms with E-state index in [1.807, 2.05) is 0 Å². The molecule has 0 aliphatic carbocycles. The van der Waals surface area contributed by atoms with Gasteiger partial charge in [0.1, 0.15) is 0 Å². The number of aryl methyl sites for hydroxylation is 2. The molecule has 0 radical (unpaired) electrons. The number of aromatic nitrogens is 1. The lowest BCUT2D eigenvalue weighted by molar-refractivity contribution is 0.199. The van der Waals surface area contributed by atoms with Gasteiger partial charge in [0.25, 0.3) is 0 Å². The number of hydrogen-bond donors (Lipinski definition) is 1. The summed E-state index contributed by atoms with van der Waals surface area (Å²) in [6.07, 6.45) is 2.41. The van der Waals surface area contributed by atoms with Crippen LogP contribution in [0.1, 0.15) is 18.5 Å². The van der Waals surface area contributed by atoms with Gasteiger partial charge in [-0.1, -0.05) is 18.2 Å². The van der Waals surface area contributed by atoms with Crippen LogP contribution >= 0.6 is 0 Å². The monoisotopic (exact) mass is 260 g/mol. The van der Waals surface area contributed by atoms with Gasteiger partial charge >= 0.3 is 0 Å². The van der Waals surface area contributed by atoms with Gasteiger partial charge in [-0.05, 0) is 43.8 Å². The lowest BCUT2D eigenvalue weighted by Crippen LogP contribution is -2.20. The average molecular weight is 260 g/mol. The van der Waals surface area contributed by atoms with Gasteiger partial charge in [0.05, 0.1) is 6.61 Å². The second-order valence-corrected chi connectivity index (χ2v) is 4.95. The molecule has 1 aromatic heterocycles. The zero-order chi connectivity index (χ0) is 13.5. The number of nitrogens with zero attached hydrogens (tertiary/aromatic N) is 1. The molecule has 3 heteroatoms. The third kappa shape index (κ3) is 3.82. The fourth-order valence-corrected chi connectivity index (χ4v) is 2.46. The zero-order valence-corrected chi connectivity index (χ0v) is 12.0. The van der Waals surface area contributed by atoms with Crippen LogP contribution in [0.3, 0.4) is 0 Å². The fraction of sp³-hybridized carbons (Fsp3) is 0.500. The molecule has 0 spiro atoms. The van der Waals surface area contributed by atoms with Crippen molar-refractivity contribution in [1.29, 1.82) is 0 Å². The average Bonchev–Trinajstić information content (AvgIpc) is 2.74. The first kappa shape index (κ1) is 14.1. The summed E-state index contributed by atoms with van der Waals surface area (Å²) >= 11 is 0. The topological polar surface area (TPSA) is 26.2 Å². The second kappa shape index (κ2) is 7.31. The van der Waals surface area contributed by atoms with Crippen LogP contribution in [0.4, 0.5) is 0 Å². The fourth-order valence-electron chi connectivity index (χ4n) is 2.46. The van der Waals surface area contributed by atoms with Crippen LogP contribution in [0.15, 0.2) is 30.3 Å². The lowest BCUT2D eigenvalue weighted by atomic mass is 10.2. The normalized spacial score (nSPS) is 11.3. The molecule has 1 aromatic carbocycles. The van der Waals surface area contributed by atoms with Crippen molar-refractivity contribution in [3.8, 4) is 0 Å². The van der Waals surface area contributed by atoms with E-state index in [1.54, 1.807) is 7.11 Å². The Morgan fingerprint density at radius 1 is 1.16 bits per heavy atom. The van der Waals surface area contributed by atoms with E-state index in [0.29, 0.717) is 0 Å². The summed E-state index contributed by atoms with van der Waals surface area (Å²) in [5, 5.41) is 4.73. The largest absolute Gasteiger partial charge is 0.383 e. The van der Waals surface area contributed by atoms with E-state index < -0.39 is 0 Å². The minimum atomic E-state index is 0.793. The van der Waals surface area contributed by atoms with Crippen molar-refractivity contribution >= 4 is 10.9 Å². The van der Waals surface area contributed by atoms with Gasteiger partial charge in [-0.15, -0.1) is 0 Å². The Balaban J connectivity index is 1.80. The number of hydrogen-bond acceptors (Lipinski definition) is 2. The van der Waals surface area contributed by atoms with E-state index in [2.05, 4.69) is 47.1 Å². The summed E-state index contributed by atoms with van der Waals surface area (Å²) in [6, 6.07) is 10.9. The molecular weight excluding hydrogens is 236 g/mol. The first-order valence-corrected chi connectivity index (χ1v) is 7.07. The quantitative estimate of drug-likeness (QED) is 0.739. The molecule has 1 N–H and O–H groups in total. The summed E-state index contributed by atoms with van der Waals surface area (Å²) in [7, 11) is 1.74. The van der Waals surface area contributed by atoms with Crippen LogP contribution < -0.4 is 5.32 Å². The number of rotatable bonds is 8. The van der Waals surface area contributed by atoms with Crippen LogP contribution in [0.25, 0.3) is 10.9 Å². The van der Waals surface area contributed by atoms with E-state index in [1.165, 1.54) is 29.4 Å². The number of ether oxygens (including phenoxy) is 1. The summed E-state index contributed by atoms with van der Waals surface area (Å²) in [4.78, 5) is 0. The first-order valence-electron chi connectivity index (χ1n) is 7.07. The highest BCUT2D eigenvalue weighted by atomic mass is 16.5. The van der Waals surface area contributed by atoms with Gasteiger partial charge in [0, 0.05) is 31.4 Å². The summed E-state index contributed by atoms with van der Waals surface area (Å²) in [5.74, 6) is 0. The molecule has 0 aliphatic heterocycles. The molecule has 19 heavy (non-hydrogen) atoms. The maximum Gasteiger partial charge on any atom is 0.0587 e. The number of fused-ring (bicyclic) bond motifs is 1. The van der Waals surface area contributed by atoms with Crippen LogP contribution in [-0.2, 0) is 11.3 Å². The maximum absolute atomic E-state index is 5.00. The number of nitrogens with one attached hydrogen (secondary N) is 1. The van der Waals surface area contributed by atoms with E-state index in [0.717, 1.165) is 26.2 Å². The van der Waals surface area contributed by atoms with Crippen LogP contribution in [0.2, 0.25) is 0 Å². The molecule has 0 amide bonds. The molecular formula is C16H24N2O. The van der Waals surface area contributed by atoms with Gasteiger partial charge < -0.3 is 14.6 Å². The minimum Gasteiger partial charge on any atom is -0.383 e. The highest BCUT2D eigenvalue weighted by molar-refractivity contribution is 5.81. The number of unbranched alkanes of at least 4 members (excludes halogenated alkanes) is 1. The Labute approximate surface area is 115 Å². The van der Waals surface area contributed by atoms with Crippen LogP contribution in [-0.4, -0.2) is 31.4 Å². The van der Waals surface area contributed by atoms with Gasteiger partial charge in [-0.2, -0.15) is 0 Å². The van der Waals surface area contributed by atoms with Crippen molar-refractivity contribution < 1.29 is 4.74 Å². The van der Waals surface area contributed by atoms with Gasteiger partial charge in [-0.3, -0.25) is 0 Å². The molecule has 2 aromatic rings. The Bertz CT molecular complexity index is 504. The Morgan fingerprint density at radius 3 is 2.84 bits per heavy atom. The molecule has 3 nitrogen and oxygen atoms in total. The van der Waals surface area contributed by atoms with E-state index in [9.17, 15) is 0 Å². The first-order chi connectivity index (χ1) is 9.33. The van der Waals surface area contributed by atoms with Crippen molar-refractivity contribution in [2.24, 2.45) is 0 Å². The standard InChI is InChI=1S/C16H24N2O/c1-14-13-15-7-3-4-8-16(15)18(14)11-6-5-9-17-10-12-19-2/h3-4,7-8,13,17H,5-6,9-12H2,1-2H3. The molecule has 0 atom stereocenters. The Morgan fingerprint density at radius 2 is 2.00 bits per heavy atom. The number of methoxy groups -OCH3 is 1. The third-order valence-electron chi connectivity index (χ3n) is 3.49. The second-order valence-electron chi connectivity index (χ2n) is 4.95. The van der Waals surface area contributed by atoms with Crippen LogP contribution in [0, 0.1) is 6.92 Å². The molecule has 0 bridgehead atoms. The molecule has 0 aliphatic rings. The lowest BCUT2D eigenvalue weighted by Gasteiger charge is -2.08. The predicted molar refractivity (Wildman–Crippen MR) is 80.7 cm³/mol. The highest BCUT2D eigenvalue weighted by Gasteiger charge is 2.03. The minimum absolute atomic E-state index is 0.793. The number of para-hydroxylation sites is 1. The van der Waals surface area contributed by atoms with E-state index >= 15 is 0 Å². The molecule has 2 rings (SSSR count). The summed E-state index contributed by atoms with van der Waals surface area (Å²) in [6.45, 7) is 6.10. The SMILES string of the molecule is COCCNCCCCn1c(C)cc2ccccc21. The molecule has 0 saturated heterocycles. The highest BCUT2D eigenvalue weighted by Crippen LogP contribution is 2.19. The maximum atomic E-state index is 5.00. The predicted octanol–water partition coefficient (Wildman–Crippen LogP) is 2.97. The van der Waals surface area contributed by atoms with Gasteiger partial charge in [0.15, 0.2) is 0 Å². The van der Waals surface area contributed by atoms with Gasteiger partial charge in [0.2, 0.25) is 0 Å². The molecule has 104 valence electrons. The zero-order valence-electron chi connectivity index (χ0n) is 12.0. The van der Waals surface area contributed by atoms with Crippen molar-refractivity contribution in [3.05, 3.63) is 36.0 Å². The van der Waals surface area contributed by atoms with E-state index in [-0.39, 0.29) is 0 Å². The van der Waals surface area contributed by atoms with Crippen molar-refractivity contribution in [3.63, 3.8) is 0 Å². The molecule has 0 unspecified atom stereocenters.